The molecule has 2 heterocycles. The lowest BCUT2D eigenvalue weighted by atomic mass is 10.4. The first-order valence-electron chi connectivity index (χ1n) is 5.35. The molecule has 17 heavy (non-hydrogen) atoms. The van der Waals surface area contributed by atoms with Crippen molar-refractivity contribution in [3.8, 4) is 0 Å². The first-order chi connectivity index (χ1) is 8.06. The Kier molecular flexibility index (Phi) is 3.28. The Morgan fingerprint density at radius 1 is 1.47 bits per heavy atom. The number of thiophene rings is 1. The molecule has 0 aliphatic carbocycles. The lowest BCUT2D eigenvalue weighted by Gasteiger charge is -2.16. The van der Waals surface area contributed by atoms with Crippen molar-refractivity contribution in [2.45, 2.75) is 13.5 Å². The molecule has 0 aliphatic rings. The van der Waals surface area contributed by atoms with Gasteiger partial charge < -0.3 is 9.47 Å². The van der Waals surface area contributed by atoms with Gasteiger partial charge in [-0.2, -0.15) is 0 Å². The zero-order chi connectivity index (χ0) is 12.4. The summed E-state index contributed by atoms with van der Waals surface area (Å²) in [6, 6.07) is 5.77. The van der Waals surface area contributed by atoms with Gasteiger partial charge in [0.15, 0.2) is 0 Å². The molecule has 0 saturated heterocycles. The number of nitrogens with zero attached hydrogens (tertiary/aromatic N) is 3. The number of anilines is 1. The van der Waals surface area contributed by atoms with Gasteiger partial charge in [0.1, 0.15) is 5.82 Å². The molecule has 0 radical (unpaired) electrons. The summed E-state index contributed by atoms with van der Waals surface area (Å²) in [5.41, 5.74) is -0.0378. The molecule has 2 aromatic heterocycles. The standard InChI is InChI=1S/C12H15N3OS/c1-9-4-5-10(17-9)7-14(2)11-6-12(16)15(3)8-13-11/h4-6,8H,7H2,1-3H3. The molecule has 0 fully saturated rings. The van der Waals surface area contributed by atoms with E-state index >= 15 is 0 Å². The van der Waals surface area contributed by atoms with Gasteiger partial charge >= 0.3 is 0 Å². The number of aryl methyl sites for hydroxylation is 2. The molecule has 0 bridgehead atoms. The van der Waals surface area contributed by atoms with Crippen molar-refractivity contribution in [2.75, 3.05) is 11.9 Å². The van der Waals surface area contributed by atoms with Crippen molar-refractivity contribution in [3.63, 3.8) is 0 Å². The van der Waals surface area contributed by atoms with Gasteiger partial charge in [-0.05, 0) is 19.1 Å². The largest absolute Gasteiger partial charge is 0.354 e. The van der Waals surface area contributed by atoms with Gasteiger partial charge in [0.25, 0.3) is 5.56 Å². The van der Waals surface area contributed by atoms with Crippen LogP contribution in [0.2, 0.25) is 0 Å². The quantitative estimate of drug-likeness (QED) is 0.832. The van der Waals surface area contributed by atoms with Gasteiger partial charge in [-0.3, -0.25) is 4.79 Å². The Balaban J connectivity index is 2.17. The van der Waals surface area contributed by atoms with Crippen LogP contribution in [0.1, 0.15) is 9.75 Å². The van der Waals surface area contributed by atoms with Gasteiger partial charge in [-0.25, -0.2) is 4.98 Å². The molecule has 0 saturated carbocycles. The highest BCUT2D eigenvalue weighted by Gasteiger charge is 2.06. The molecule has 0 aromatic carbocycles. The fraction of sp³-hybridized carbons (Fsp3) is 0.333. The van der Waals surface area contributed by atoms with Crippen LogP contribution in [0, 0.1) is 6.92 Å². The molecule has 0 N–H and O–H groups in total. The van der Waals surface area contributed by atoms with Crippen LogP contribution < -0.4 is 10.5 Å². The van der Waals surface area contributed by atoms with Crippen LogP contribution in [-0.4, -0.2) is 16.6 Å². The van der Waals surface area contributed by atoms with Crippen LogP contribution in [0.15, 0.2) is 29.3 Å². The maximum Gasteiger partial charge on any atom is 0.255 e. The van der Waals surface area contributed by atoms with Crippen molar-refractivity contribution in [1.29, 1.82) is 0 Å². The molecule has 0 atom stereocenters. The van der Waals surface area contributed by atoms with Gasteiger partial charge in [0.05, 0.1) is 12.9 Å². The van der Waals surface area contributed by atoms with E-state index in [2.05, 4.69) is 24.0 Å². The van der Waals surface area contributed by atoms with Crippen molar-refractivity contribution in [3.05, 3.63) is 44.6 Å². The zero-order valence-electron chi connectivity index (χ0n) is 10.2. The summed E-state index contributed by atoms with van der Waals surface area (Å²) >= 11 is 1.77. The molecule has 2 aromatic rings. The first kappa shape index (κ1) is 11.9. The number of rotatable bonds is 3. The Bertz CT molecular complexity index is 573. The van der Waals surface area contributed by atoms with E-state index in [1.165, 1.54) is 14.3 Å². The summed E-state index contributed by atoms with van der Waals surface area (Å²) in [4.78, 5) is 20.3. The van der Waals surface area contributed by atoms with E-state index in [0.29, 0.717) is 5.82 Å². The Labute approximate surface area is 104 Å². The van der Waals surface area contributed by atoms with E-state index in [1.54, 1.807) is 30.8 Å². The van der Waals surface area contributed by atoms with E-state index < -0.39 is 0 Å². The zero-order valence-corrected chi connectivity index (χ0v) is 11.0. The normalized spacial score (nSPS) is 10.5. The fourth-order valence-corrected chi connectivity index (χ4v) is 2.49. The third-order valence-electron chi connectivity index (χ3n) is 2.54. The second kappa shape index (κ2) is 4.71. The second-order valence-electron chi connectivity index (χ2n) is 4.06. The van der Waals surface area contributed by atoms with Crippen LogP contribution >= 0.6 is 11.3 Å². The highest BCUT2D eigenvalue weighted by atomic mass is 32.1. The highest BCUT2D eigenvalue weighted by Crippen LogP contribution is 2.18. The van der Waals surface area contributed by atoms with Gasteiger partial charge in [0.2, 0.25) is 0 Å². The number of aromatic nitrogens is 2. The van der Waals surface area contributed by atoms with Crippen LogP contribution in [0.5, 0.6) is 0 Å². The molecule has 5 heteroatoms. The molecule has 2 rings (SSSR count). The van der Waals surface area contributed by atoms with Gasteiger partial charge in [0, 0.05) is 29.9 Å². The first-order valence-corrected chi connectivity index (χ1v) is 6.17. The Morgan fingerprint density at radius 2 is 2.24 bits per heavy atom. The minimum Gasteiger partial charge on any atom is -0.354 e. The second-order valence-corrected chi connectivity index (χ2v) is 5.44. The third-order valence-corrected chi connectivity index (χ3v) is 3.53. The summed E-state index contributed by atoms with van der Waals surface area (Å²) in [6.07, 6.45) is 1.55. The molecule has 90 valence electrons. The van der Waals surface area contributed by atoms with Crippen molar-refractivity contribution >= 4 is 17.2 Å². The summed E-state index contributed by atoms with van der Waals surface area (Å²) in [5.74, 6) is 0.708. The molecule has 0 aliphatic heterocycles. The SMILES string of the molecule is Cc1ccc(CN(C)c2cc(=O)n(C)cn2)s1. The summed E-state index contributed by atoms with van der Waals surface area (Å²) < 4.78 is 1.46. The maximum atomic E-state index is 11.5. The topological polar surface area (TPSA) is 38.1 Å². The number of hydrogen-bond donors (Lipinski definition) is 0. The van der Waals surface area contributed by atoms with E-state index in [1.807, 2.05) is 11.9 Å². The smallest absolute Gasteiger partial charge is 0.255 e. The summed E-state index contributed by atoms with van der Waals surface area (Å²) in [6.45, 7) is 2.86. The predicted octanol–water partition coefficient (Wildman–Crippen LogP) is 1.79. The minimum absolute atomic E-state index is 0.0378. The van der Waals surface area contributed by atoms with Crippen LogP contribution in [-0.2, 0) is 13.6 Å². The lowest BCUT2D eigenvalue weighted by Crippen LogP contribution is -2.22. The number of hydrogen-bond acceptors (Lipinski definition) is 4. The molecule has 0 amide bonds. The Morgan fingerprint density at radius 3 is 2.82 bits per heavy atom. The van der Waals surface area contributed by atoms with Crippen molar-refractivity contribution < 1.29 is 0 Å². The van der Waals surface area contributed by atoms with Crippen molar-refractivity contribution in [1.82, 2.24) is 9.55 Å². The maximum absolute atomic E-state index is 11.5. The molecular formula is C12H15N3OS. The predicted molar refractivity (Wildman–Crippen MR) is 70.6 cm³/mol. The average molecular weight is 249 g/mol. The fourth-order valence-electron chi connectivity index (χ4n) is 1.55. The molecule has 0 spiro atoms. The Hall–Kier alpha value is -1.62. The van der Waals surface area contributed by atoms with Crippen LogP contribution in [0.3, 0.4) is 0 Å². The van der Waals surface area contributed by atoms with Gasteiger partial charge in [-0.1, -0.05) is 0 Å². The van der Waals surface area contributed by atoms with Crippen LogP contribution in [0.4, 0.5) is 5.82 Å². The third kappa shape index (κ3) is 2.74. The molecule has 0 unspecified atom stereocenters. The van der Waals surface area contributed by atoms with E-state index in [-0.39, 0.29) is 5.56 Å². The van der Waals surface area contributed by atoms with E-state index in [0.717, 1.165) is 6.54 Å². The average Bonchev–Trinajstić information content (AvgIpc) is 2.68. The molecule has 4 nitrogen and oxygen atoms in total. The monoisotopic (exact) mass is 249 g/mol. The van der Waals surface area contributed by atoms with E-state index in [9.17, 15) is 4.79 Å². The summed E-state index contributed by atoms with van der Waals surface area (Å²) in [5, 5.41) is 0. The van der Waals surface area contributed by atoms with Gasteiger partial charge in [-0.15, -0.1) is 11.3 Å². The van der Waals surface area contributed by atoms with Crippen LogP contribution in [0.25, 0.3) is 0 Å². The lowest BCUT2D eigenvalue weighted by molar-refractivity contribution is 0.804. The van der Waals surface area contributed by atoms with E-state index in [4.69, 9.17) is 0 Å². The van der Waals surface area contributed by atoms with Crippen molar-refractivity contribution in [2.24, 2.45) is 7.05 Å². The minimum atomic E-state index is -0.0378. The molecular weight excluding hydrogens is 234 g/mol. The summed E-state index contributed by atoms with van der Waals surface area (Å²) in [7, 11) is 3.64. The highest BCUT2D eigenvalue weighted by molar-refractivity contribution is 7.11.